The van der Waals surface area contributed by atoms with Gasteiger partial charge in [0.15, 0.2) is 0 Å². The fraction of sp³-hybridized carbons (Fsp3) is 0.526. The second kappa shape index (κ2) is 6.91. The van der Waals surface area contributed by atoms with Crippen LogP contribution in [-0.4, -0.2) is 41.1 Å². The molecule has 1 saturated heterocycles. The van der Waals surface area contributed by atoms with Gasteiger partial charge in [0.1, 0.15) is 6.04 Å². The van der Waals surface area contributed by atoms with Crippen LogP contribution in [0.3, 0.4) is 0 Å². The highest BCUT2D eigenvalue weighted by Gasteiger charge is 2.47. The number of nitrogens with zero attached hydrogens (tertiary/aromatic N) is 4. The first-order valence-corrected chi connectivity index (χ1v) is 9.51. The second-order valence-corrected chi connectivity index (χ2v) is 7.85. The van der Waals surface area contributed by atoms with Gasteiger partial charge in [-0.25, -0.2) is 0 Å². The van der Waals surface area contributed by atoms with Gasteiger partial charge in [-0.2, -0.15) is 4.98 Å². The summed E-state index contributed by atoms with van der Waals surface area (Å²) in [5.74, 6) is 1.59. The van der Waals surface area contributed by atoms with Crippen molar-refractivity contribution >= 4 is 23.5 Å². The van der Waals surface area contributed by atoms with Crippen LogP contribution in [0.1, 0.15) is 54.4 Å². The molecule has 1 aromatic heterocycles. The number of carbonyl (C=O) groups is 1. The summed E-state index contributed by atoms with van der Waals surface area (Å²) in [7, 11) is 3.75. The SMILES string of the molecule is CN(C)c1noc(C2CC3CCCCC3N2C(=O)c2ccc(Cl)cc2)n1. The summed E-state index contributed by atoms with van der Waals surface area (Å²) < 4.78 is 5.53. The lowest BCUT2D eigenvalue weighted by Gasteiger charge is -2.33. The van der Waals surface area contributed by atoms with Crippen LogP contribution in [0.5, 0.6) is 0 Å². The third kappa shape index (κ3) is 3.07. The summed E-state index contributed by atoms with van der Waals surface area (Å²) in [6.07, 6.45) is 5.46. The van der Waals surface area contributed by atoms with Gasteiger partial charge in [-0.1, -0.05) is 24.4 Å². The molecule has 2 aliphatic rings. The number of halogens is 1. The van der Waals surface area contributed by atoms with Crippen molar-refractivity contribution in [3.8, 4) is 0 Å². The molecule has 2 aromatic rings. The first-order valence-electron chi connectivity index (χ1n) is 9.14. The molecule has 2 fully saturated rings. The van der Waals surface area contributed by atoms with Crippen LogP contribution in [-0.2, 0) is 0 Å². The van der Waals surface area contributed by atoms with Crippen LogP contribution in [0.4, 0.5) is 5.95 Å². The molecule has 0 N–H and O–H groups in total. The van der Waals surface area contributed by atoms with Gasteiger partial charge in [0, 0.05) is 30.7 Å². The molecule has 6 nitrogen and oxygen atoms in total. The van der Waals surface area contributed by atoms with Crippen LogP contribution < -0.4 is 4.90 Å². The molecule has 3 atom stereocenters. The van der Waals surface area contributed by atoms with Gasteiger partial charge in [-0.3, -0.25) is 4.79 Å². The molecule has 3 unspecified atom stereocenters. The topological polar surface area (TPSA) is 62.5 Å². The zero-order valence-electron chi connectivity index (χ0n) is 15.1. The maximum Gasteiger partial charge on any atom is 0.265 e. The minimum atomic E-state index is -0.160. The van der Waals surface area contributed by atoms with E-state index in [2.05, 4.69) is 10.1 Å². The standard InChI is InChI=1S/C19H23ClN4O2/c1-23(2)19-21-17(26-22-19)16-11-13-5-3-4-6-15(13)24(16)18(25)12-7-9-14(20)10-8-12/h7-10,13,15-16H,3-6,11H2,1-2H3. The van der Waals surface area contributed by atoms with Crippen LogP contribution in [0.2, 0.25) is 5.02 Å². The van der Waals surface area contributed by atoms with E-state index in [0.717, 1.165) is 25.7 Å². The summed E-state index contributed by atoms with van der Waals surface area (Å²) in [4.78, 5) is 21.6. The van der Waals surface area contributed by atoms with Crippen LogP contribution in [0.15, 0.2) is 28.8 Å². The first kappa shape index (κ1) is 17.3. The quantitative estimate of drug-likeness (QED) is 0.814. The zero-order chi connectivity index (χ0) is 18.3. The molecule has 0 radical (unpaired) electrons. The maximum atomic E-state index is 13.3. The summed E-state index contributed by atoms with van der Waals surface area (Å²) >= 11 is 5.98. The van der Waals surface area contributed by atoms with Crippen molar-refractivity contribution in [2.24, 2.45) is 5.92 Å². The Morgan fingerprint density at radius 3 is 2.65 bits per heavy atom. The van der Waals surface area contributed by atoms with Gasteiger partial charge in [-0.15, -0.1) is 0 Å². The molecule has 0 spiro atoms. The van der Waals surface area contributed by atoms with Gasteiger partial charge in [0.25, 0.3) is 17.7 Å². The van der Waals surface area contributed by atoms with Gasteiger partial charge in [0.05, 0.1) is 0 Å². The van der Waals surface area contributed by atoms with E-state index in [-0.39, 0.29) is 18.0 Å². The molecule has 1 aromatic carbocycles. The Balaban J connectivity index is 1.68. The average Bonchev–Trinajstić information content (AvgIpc) is 3.26. The predicted octanol–water partition coefficient (Wildman–Crippen LogP) is 3.94. The van der Waals surface area contributed by atoms with E-state index in [1.165, 1.54) is 6.42 Å². The molecular weight excluding hydrogens is 352 g/mol. The van der Waals surface area contributed by atoms with Gasteiger partial charge in [-0.05, 0) is 54.6 Å². The Morgan fingerprint density at radius 2 is 1.96 bits per heavy atom. The summed E-state index contributed by atoms with van der Waals surface area (Å²) in [5, 5.41) is 4.67. The van der Waals surface area contributed by atoms with Crippen molar-refractivity contribution in [1.82, 2.24) is 15.0 Å². The lowest BCUT2D eigenvalue weighted by Crippen LogP contribution is -2.40. The van der Waals surface area contributed by atoms with Crippen molar-refractivity contribution in [1.29, 1.82) is 0 Å². The molecule has 0 bridgehead atoms. The molecule has 7 heteroatoms. The average molecular weight is 375 g/mol. The minimum absolute atomic E-state index is 0.0191. The lowest BCUT2D eigenvalue weighted by molar-refractivity contribution is 0.0588. The van der Waals surface area contributed by atoms with E-state index in [9.17, 15) is 4.79 Å². The molecule has 26 heavy (non-hydrogen) atoms. The Morgan fingerprint density at radius 1 is 1.23 bits per heavy atom. The highest BCUT2D eigenvalue weighted by atomic mass is 35.5. The largest absolute Gasteiger partial charge is 0.344 e. The molecule has 1 aliphatic heterocycles. The summed E-state index contributed by atoms with van der Waals surface area (Å²) in [5.41, 5.74) is 0.651. The number of amides is 1. The molecule has 1 aliphatic carbocycles. The van der Waals surface area contributed by atoms with Gasteiger partial charge in [0.2, 0.25) is 0 Å². The fourth-order valence-corrected chi connectivity index (χ4v) is 4.38. The number of fused-ring (bicyclic) bond motifs is 1. The number of hydrogen-bond acceptors (Lipinski definition) is 5. The van der Waals surface area contributed by atoms with E-state index >= 15 is 0 Å². The van der Waals surface area contributed by atoms with Crippen molar-refractivity contribution in [2.75, 3.05) is 19.0 Å². The monoisotopic (exact) mass is 374 g/mol. The molecule has 2 heterocycles. The van der Waals surface area contributed by atoms with E-state index < -0.39 is 0 Å². The fourth-order valence-electron chi connectivity index (χ4n) is 4.26. The Bertz CT molecular complexity index is 789. The van der Waals surface area contributed by atoms with Crippen LogP contribution in [0.25, 0.3) is 0 Å². The molecule has 1 saturated carbocycles. The third-order valence-electron chi connectivity index (χ3n) is 5.53. The third-order valence-corrected chi connectivity index (χ3v) is 5.78. The Kier molecular flexibility index (Phi) is 4.61. The number of carbonyl (C=O) groups excluding carboxylic acids is 1. The normalized spacial score (nSPS) is 25.2. The molecule has 138 valence electrons. The summed E-state index contributed by atoms with van der Waals surface area (Å²) in [6.45, 7) is 0. The molecular formula is C19H23ClN4O2. The van der Waals surface area contributed by atoms with Crippen molar-refractivity contribution in [2.45, 2.75) is 44.2 Å². The first-order chi connectivity index (χ1) is 12.5. The zero-order valence-corrected chi connectivity index (χ0v) is 15.8. The number of aromatic nitrogens is 2. The number of likely N-dealkylation sites (tertiary alicyclic amines) is 1. The van der Waals surface area contributed by atoms with E-state index in [0.29, 0.717) is 28.3 Å². The molecule has 1 amide bonds. The smallest absolute Gasteiger partial charge is 0.265 e. The van der Waals surface area contributed by atoms with E-state index in [1.807, 2.05) is 19.0 Å². The number of rotatable bonds is 3. The van der Waals surface area contributed by atoms with E-state index in [1.54, 1.807) is 29.2 Å². The highest BCUT2D eigenvalue weighted by molar-refractivity contribution is 6.30. The lowest BCUT2D eigenvalue weighted by atomic mass is 9.84. The van der Waals surface area contributed by atoms with Gasteiger partial charge >= 0.3 is 0 Å². The maximum absolute atomic E-state index is 13.3. The van der Waals surface area contributed by atoms with Crippen molar-refractivity contribution in [3.05, 3.63) is 40.7 Å². The Labute approximate surface area is 158 Å². The number of hydrogen-bond donors (Lipinski definition) is 0. The van der Waals surface area contributed by atoms with Crippen LogP contribution in [0, 0.1) is 5.92 Å². The van der Waals surface area contributed by atoms with Crippen LogP contribution >= 0.6 is 11.6 Å². The van der Waals surface area contributed by atoms with Crippen molar-refractivity contribution in [3.63, 3.8) is 0 Å². The molecule has 4 rings (SSSR count). The minimum Gasteiger partial charge on any atom is -0.344 e. The van der Waals surface area contributed by atoms with Gasteiger partial charge < -0.3 is 14.3 Å². The Hall–Kier alpha value is -2.08. The number of anilines is 1. The summed E-state index contributed by atoms with van der Waals surface area (Å²) in [6, 6.07) is 7.18. The van der Waals surface area contributed by atoms with E-state index in [4.69, 9.17) is 16.1 Å². The highest BCUT2D eigenvalue weighted by Crippen LogP contribution is 2.46. The number of benzene rings is 1. The van der Waals surface area contributed by atoms with Crippen molar-refractivity contribution < 1.29 is 9.32 Å². The second-order valence-electron chi connectivity index (χ2n) is 7.41. The predicted molar refractivity (Wildman–Crippen MR) is 99.4 cm³/mol.